The maximum absolute atomic E-state index is 12.7. The van der Waals surface area contributed by atoms with E-state index in [2.05, 4.69) is 5.32 Å². The number of furan rings is 1. The van der Waals surface area contributed by atoms with Crippen LogP contribution in [0.15, 0.2) is 47.1 Å². The number of benzene rings is 1. The highest BCUT2D eigenvalue weighted by Gasteiger charge is 2.12. The summed E-state index contributed by atoms with van der Waals surface area (Å²) in [4.78, 5) is 11.8. The van der Waals surface area contributed by atoms with Crippen LogP contribution < -0.4 is 5.32 Å². The fraction of sp³-hybridized carbons (Fsp3) is 0.154. The molecule has 0 spiro atoms. The highest BCUT2D eigenvalue weighted by Crippen LogP contribution is 2.13. The van der Waals surface area contributed by atoms with Crippen LogP contribution in [0.2, 0.25) is 0 Å². The molecule has 4 heteroatoms. The molecule has 1 atom stereocenters. The zero-order chi connectivity index (χ0) is 12.3. The molecule has 1 heterocycles. The number of rotatable bonds is 3. The summed E-state index contributed by atoms with van der Waals surface area (Å²) in [6.45, 7) is 1.82. The first-order valence-corrected chi connectivity index (χ1v) is 5.26. The number of hydrogen-bond acceptors (Lipinski definition) is 2. The van der Waals surface area contributed by atoms with Gasteiger partial charge >= 0.3 is 0 Å². The zero-order valence-electron chi connectivity index (χ0n) is 9.31. The summed E-state index contributed by atoms with van der Waals surface area (Å²) in [5.74, 6) is 0.0648. The van der Waals surface area contributed by atoms with E-state index in [1.165, 1.54) is 24.3 Å². The Balaban J connectivity index is 2.04. The fourth-order valence-electron chi connectivity index (χ4n) is 1.49. The van der Waals surface area contributed by atoms with Gasteiger partial charge in [-0.05, 0) is 43.3 Å². The highest BCUT2D eigenvalue weighted by atomic mass is 19.1. The minimum atomic E-state index is -0.361. The van der Waals surface area contributed by atoms with Crippen LogP contribution in [0.3, 0.4) is 0 Å². The third-order valence-corrected chi connectivity index (χ3v) is 2.42. The van der Waals surface area contributed by atoms with Crippen molar-refractivity contribution in [3.63, 3.8) is 0 Å². The lowest BCUT2D eigenvalue weighted by molar-refractivity contribution is 0.0935. The number of carbonyl (C=O) groups is 1. The Kier molecular flexibility index (Phi) is 3.23. The molecule has 0 aliphatic rings. The summed E-state index contributed by atoms with van der Waals surface area (Å²) >= 11 is 0. The lowest BCUT2D eigenvalue weighted by Crippen LogP contribution is -2.26. The van der Waals surface area contributed by atoms with Crippen molar-refractivity contribution in [3.05, 3.63) is 59.8 Å². The third-order valence-electron chi connectivity index (χ3n) is 2.42. The van der Waals surface area contributed by atoms with Gasteiger partial charge in [-0.3, -0.25) is 4.79 Å². The Morgan fingerprint density at radius 1 is 1.29 bits per heavy atom. The molecule has 0 bridgehead atoms. The Labute approximate surface area is 98.3 Å². The smallest absolute Gasteiger partial charge is 0.251 e. The van der Waals surface area contributed by atoms with E-state index >= 15 is 0 Å². The van der Waals surface area contributed by atoms with Crippen LogP contribution >= 0.6 is 0 Å². The van der Waals surface area contributed by atoms with E-state index < -0.39 is 0 Å². The van der Waals surface area contributed by atoms with E-state index in [1.807, 2.05) is 6.92 Å². The van der Waals surface area contributed by atoms with Crippen molar-refractivity contribution in [2.75, 3.05) is 0 Å². The van der Waals surface area contributed by atoms with Gasteiger partial charge in [-0.25, -0.2) is 4.39 Å². The van der Waals surface area contributed by atoms with E-state index in [9.17, 15) is 9.18 Å². The molecular formula is C13H12FNO2. The fourth-order valence-corrected chi connectivity index (χ4v) is 1.49. The molecule has 0 radical (unpaired) electrons. The van der Waals surface area contributed by atoms with E-state index in [0.29, 0.717) is 11.3 Å². The van der Waals surface area contributed by atoms with Gasteiger partial charge in [0.1, 0.15) is 11.6 Å². The van der Waals surface area contributed by atoms with Crippen molar-refractivity contribution in [1.82, 2.24) is 5.32 Å². The summed E-state index contributed by atoms with van der Waals surface area (Å²) in [5.41, 5.74) is 0.421. The summed E-state index contributed by atoms with van der Waals surface area (Å²) in [6, 6.07) is 8.73. The van der Waals surface area contributed by atoms with Crippen molar-refractivity contribution in [2.24, 2.45) is 0 Å². The standard InChI is InChI=1S/C13H12FNO2/c1-9(12-3-2-8-17-12)15-13(16)10-4-6-11(14)7-5-10/h2-9H,1H3,(H,15,16). The van der Waals surface area contributed by atoms with Gasteiger partial charge in [0.2, 0.25) is 0 Å². The van der Waals surface area contributed by atoms with Gasteiger partial charge in [-0.15, -0.1) is 0 Å². The van der Waals surface area contributed by atoms with Gasteiger partial charge in [0.05, 0.1) is 12.3 Å². The van der Waals surface area contributed by atoms with Crippen molar-refractivity contribution in [2.45, 2.75) is 13.0 Å². The van der Waals surface area contributed by atoms with Gasteiger partial charge in [0, 0.05) is 5.56 Å². The van der Waals surface area contributed by atoms with Crippen LogP contribution in [0.25, 0.3) is 0 Å². The second kappa shape index (κ2) is 4.82. The van der Waals surface area contributed by atoms with Gasteiger partial charge < -0.3 is 9.73 Å². The largest absolute Gasteiger partial charge is 0.467 e. The molecule has 1 amide bonds. The van der Waals surface area contributed by atoms with Crippen LogP contribution in [0, 0.1) is 5.82 Å². The molecule has 2 rings (SSSR count). The molecule has 17 heavy (non-hydrogen) atoms. The van der Waals surface area contributed by atoms with Crippen molar-refractivity contribution in [3.8, 4) is 0 Å². The number of carbonyl (C=O) groups excluding carboxylic acids is 1. The molecule has 0 aliphatic carbocycles. The molecule has 1 aromatic carbocycles. The molecule has 1 unspecified atom stereocenters. The van der Waals surface area contributed by atoms with Gasteiger partial charge in [-0.1, -0.05) is 0 Å². The Morgan fingerprint density at radius 2 is 2.00 bits per heavy atom. The Bertz CT molecular complexity index is 491. The van der Waals surface area contributed by atoms with Crippen molar-refractivity contribution in [1.29, 1.82) is 0 Å². The van der Waals surface area contributed by atoms with E-state index in [-0.39, 0.29) is 17.8 Å². The first-order chi connectivity index (χ1) is 8.16. The lowest BCUT2D eigenvalue weighted by Gasteiger charge is -2.11. The predicted molar refractivity (Wildman–Crippen MR) is 61.0 cm³/mol. The van der Waals surface area contributed by atoms with E-state index in [4.69, 9.17) is 4.42 Å². The summed E-state index contributed by atoms with van der Waals surface area (Å²) in [7, 11) is 0. The molecule has 2 aromatic rings. The first kappa shape index (κ1) is 11.4. The molecular weight excluding hydrogens is 221 g/mol. The minimum absolute atomic E-state index is 0.220. The molecule has 1 aromatic heterocycles. The minimum Gasteiger partial charge on any atom is -0.467 e. The molecule has 3 nitrogen and oxygen atoms in total. The molecule has 0 saturated heterocycles. The number of nitrogens with one attached hydrogen (secondary N) is 1. The van der Waals surface area contributed by atoms with E-state index in [0.717, 1.165) is 0 Å². The quantitative estimate of drug-likeness (QED) is 0.885. The van der Waals surface area contributed by atoms with Crippen LogP contribution in [0.5, 0.6) is 0 Å². The summed E-state index contributed by atoms with van der Waals surface area (Å²) in [5, 5.41) is 2.76. The number of hydrogen-bond donors (Lipinski definition) is 1. The average molecular weight is 233 g/mol. The second-order valence-electron chi connectivity index (χ2n) is 3.72. The summed E-state index contributed by atoms with van der Waals surface area (Å²) < 4.78 is 17.9. The molecule has 0 aliphatic heterocycles. The topological polar surface area (TPSA) is 42.2 Å². The van der Waals surface area contributed by atoms with Crippen LogP contribution in [0.1, 0.15) is 29.1 Å². The van der Waals surface area contributed by atoms with Crippen molar-refractivity contribution < 1.29 is 13.6 Å². The first-order valence-electron chi connectivity index (χ1n) is 5.26. The third kappa shape index (κ3) is 2.72. The summed E-state index contributed by atoms with van der Waals surface area (Å²) in [6.07, 6.45) is 1.55. The average Bonchev–Trinajstić information content (AvgIpc) is 2.83. The van der Waals surface area contributed by atoms with Gasteiger partial charge in [0.25, 0.3) is 5.91 Å². The van der Waals surface area contributed by atoms with Crippen LogP contribution in [-0.4, -0.2) is 5.91 Å². The normalized spacial score (nSPS) is 12.1. The molecule has 0 fully saturated rings. The van der Waals surface area contributed by atoms with Crippen LogP contribution in [-0.2, 0) is 0 Å². The zero-order valence-corrected chi connectivity index (χ0v) is 9.31. The van der Waals surface area contributed by atoms with Gasteiger partial charge in [-0.2, -0.15) is 0 Å². The van der Waals surface area contributed by atoms with E-state index in [1.54, 1.807) is 18.4 Å². The molecule has 88 valence electrons. The number of amides is 1. The monoisotopic (exact) mass is 233 g/mol. The maximum Gasteiger partial charge on any atom is 0.251 e. The number of halogens is 1. The Hall–Kier alpha value is -2.10. The maximum atomic E-state index is 12.7. The van der Waals surface area contributed by atoms with Gasteiger partial charge in [0.15, 0.2) is 0 Å². The van der Waals surface area contributed by atoms with Crippen LogP contribution in [0.4, 0.5) is 4.39 Å². The highest BCUT2D eigenvalue weighted by molar-refractivity contribution is 5.94. The Morgan fingerprint density at radius 3 is 2.59 bits per heavy atom. The SMILES string of the molecule is CC(NC(=O)c1ccc(F)cc1)c1ccco1. The molecule has 0 saturated carbocycles. The second-order valence-corrected chi connectivity index (χ2v) is 3.72. The van der Waals surface area contributed by atoms with Crippen molar-refractivity contribution >= 4 is 5.91 Å². The molecule has 1 N–H and O–H groups in total. The lowest BCUT2D eigenvalue weighted by atomic mass is 10.2. The predicted octanol–water partition coefficient (Wildman–Crippen LogP) is 2.91.